The van der Waals surface area contributed by atoms with Crippen LogP contribution in [0.5, 0.6) is 23.0 Å². The largest absolute Gasteiger partial charge is 0.481 e. The molecule has 4 atom stereocenters. The Morgan fingerprint density at radius 2 is 0.923 bits per heavy atom. The number of hydrogen-bond acceptors (Lipinski definition) is 6. The molecular formula is C42H46N2O8. The highest BCUT2D eigenvalue weighted by Gasteiger charge is 2.64. The summed E-state index contributed by atoms with van der Waals surface area (Å²) < 4.78 is 12.0. The highest BCUT2D eigenvalue weighted by Crippen LogP contribution is 2.49. The summed E-state index contributed by atoms with van der Waals surface area (Å²) >= 11 is 0. The number of aliphatic carboxylic acids is 2. The van der Waals surface area contributed by atoms with Gasteiger partial charge in [-0.05, 0) is 85.3 Å². The van der Waals surface area contributed by atoms with Crippen molar-refractivity contribution in [3.05, 3.63) is 119 Å². The fourth-order valence-corrected chi connectivity index (χ4v) is 6.99. The predicted octanol–water partition coefficient (Wildman–Crippen LogP) is 7.71. The average molecular weight is 707 g/mol. The molecule has 52 heavy (non-hydrogen) atoms. The second kappa shape index (κ2) is 17.0. The SMILES string of the molecule is CCCN(Cc1ccc(Oc2ccccc2)c(C)c1)C(=O)[C@H]1[C@@H](C(=O)O)[C@H](C(=O)O)[C@@H]1C(=O)N(CCC)Cc1ccc(Oc2ccccc2)c(C)c1. The summed E-state index contributed by atoms with van der Waals surface area (Å²) in [6.07, 6.45) is 1.16. The number of amides is 2. The van der Waals surface area contributed by atoms with Crippen molar-refractivity contribution < 1.29 is 38.9 Å². The number of hydrogen-bond donors (Lipinski definition) is 2. The van der Waals surface area contributed by atoms with Gasteiger partial charge in [-0.3, -0.25) is 19.2 Å². The Balaban J connectivity index is 1.38. The zero-order chi connectivity index (χ0) is 37.4. The van der Waals surface area contributed by atoms with E-state index < -0.39 is 47.4 Å². The Hall–Kier alpha value is -5.64. The van der Waals surface area contributed by atoms with Crippen LogP contribution in [0, 0.1) is 37.5 Å². The lowest BCUT2D eigenvalue weighted by Gasteiger charge is -2.48. The molecule has 0 radical (unpaired) electrons. The Morgan fingerprint density at radius 3 is 1.23 bits per heavy atom. The summed E-state index contributed by atoms with van der Waals surface area (Å²) in [5, 5.41) is 20.4. The van der Waals surface area contributed by atoms with Crippen LogP contribution >= 0.6 is 0 Å². The van der Waals surface area contributed by atoms with E-state index in [9.17, 15) is 29.4 Å². The van der Waals surface area contributed by atoms with Crippen LogP contribution in [0.3, 0.4) is 0 Å². The second-order valence-electron chi connectivity index (χ2n) is 13.3. The van der Waals surface area contributed by atoms with E-state index in [0.29, 0.717) is 48.9 Å². The van der Waals surface area contributed by atoms with Gasteiger partial charge >= 0.3 is 11.9 Å². The molecule has 1 saturated carbocycles. The Kier molecular flexibility index (Phi) is 12.3. The molecular weight excluding hydrogens is 660 g/mol. The molecule has 272 valence electrons. The summed E-state index contributed by atoms with van der Waals surface area (Å²) in [6, 6.07) is 29.9. The van der Waals surface area contributed by atoms with Crippen LogP contribution in [-0.4, -0.2) is 56.9 Å². The molecule has 10 heteroatoms. The zero-order valence-corrected chi connectivity index (χ0v) is 30.0. The molecule has 0 heterocycles. The van der Waals surface area contributed by atoms with Gasteiger partial charge in [0.05, 0.1) is 23.7 Å². The number of carboxylic acid groups (broad SMARTS) is 2. The van der Waals surface area contributed by atoms with Crippen molar-refractivity contribution in [3.63, 3.8) is 0 Å². The number of nitrogens with zero attached hydrogens (tertiary/aromatic N) is 2. The van der Waals surface area contributed by atoms with E-state index in [1.54, 1.807) is 9.80 Å². The van der Waals surface area contributed by atoms with Crippen molar-refractivity contribution in [2.24, 2.45) is 23.7 Å². The van der Waals surface area contributed by atoms with Crippen molar-refractivity contribution in [3.8, 4) is 23.0 Å². The summed E-state index contributed by atoms with van der Waals surface area (Å²) in [7, 11) is 0. The monoisotopic (exact) mass is 706 g/mol. The minimum Gasteiger partial charge on any atom is -0.481 e. The Bertz CT molecular complexity index is 1740. The first-order valence-corrected chi connectivity index (χ1v) is 17.7. The van der Waals surface area contributed by atoms with Crippen molar-refractivity contribution in [1.82, 2.24) is 9.80 Å². The molecule has 4 aromatic carbocycles. The third-order valence-corrected chi connectivity index (χ3v) is 9.47. The first kappa shape index (κ1) is 37.6. The van der Waals surface area contributed by atoms with Gasteiger partial charge in [-0.1, -0.05) is 74.5 Å². The minimum absolute atomic E-state index is 0.163. The normalized spacial score (nSPS) is 17.8. The predicted molar refractivity (Wildman–Crippen MR) is 196 cm³/mol. The molecule has 0 aromatic heterocycles. The summed E-state index contributed by atoms with van der Waals surface area (Å²) in [5.74, 6) is -6.93. The van der Waals surface area contributed by atoms with Crippen LogP contribution in [0.4, 0.5) is 0 Å². The van der Waals surface area contributed by atoms with Crippen LogP contribution in [0.1, 0.15) is 48.9 Å². The van der Waals surface area contributed by atoms with Crippen LogP contribution in [0.2, 0.25) is 0 Å². The Labute approximate surface area is 304 Å². The van der Waals surface area contributed by atoms with Crippen molar-refractivity contribution in [2.75, 3.05) is 13.1 Å². The Morgan fingerprint density at radius 1 is 0.558 bits per heavy atom. The summed E-state index contributed by atoms with van der Waals surface area (Å²) in [6.45, 7) is 8.54. The lowest BCUT2D eigenvalue weighted by atomic mass is 9.55. The minimum atomic E-state index is -1.54. The number of aryl methyl sites for hydroxylation is 2. The van der Waals surface area contributed by atoms with Gasteiger partial charge in [-0.15, -0.1) is 0 Å². The average Bonchev–Trinajstić information content (AvgIpc) is 3.10. The number of benzene rings is 4. The van der Waals surface area contributed by atoms with Gasteiger partial charge in [-0.2, -0.15) is 0 Å². The maximum atomic E-state index is 14.3. The molecule has 2 N–H and O–H groups in total. The van der Waals surface area contributed by atoms with Gasteiger partial charge in [0.15, 0.2) is 0 Å². The molecule has 5 rings (SSSR count). The molecule has 2 amide bonds. The molecule has 4 aromatic rings. The highest BCUT2D eigenvalue weighted by atomic mass is 16.5. The standard InChI is InChI=1S/C42H46N2O8/c1-5-21-43(25-29-17-19-33(27(3)23-29)51-31-13-9-7-10-14-31)39(45)35-36(38(42(49)50)37(35)41(47)48)40(46)44(22-6-2)26-30-18-20-34(28(4)24-30)52-32-15-11-8-12-16-32/h7-20,23-24,35-38H,5-6,21-22,25-26H2,1-4H3,(H,47,48)(H,49,50)/t35-,36-,37-,38-/m1/s1. The fraction of sp³-hybridized carbons (Fsp3) is 0.333. The second-order valence-corrected chi connectivity index (χ2v) is 13.3. The van der Waals surface area contributed by atoms with Crippen LogP contribution < -0.4 is 9.47 Å². The maximum absolute atomic E-state index is 14.3. The van der Waals surface area contributed by atoms with Gasteiger partial charge in [0, 0.05) is 26.2 Å². The van der Waals surface area contributed by atoms with E-state index in [1.165, 1.54) is 0 Å². The molecule has 1 aliphatic rings. The zero-order valence-electron chi connectivity index (χ0n) is 30.0. The first-order valence-electron chi connectivity index (χ1n) is 17.7. The quantitative estimate of drug-likeness (QED) is 0.121. The van der Waals surface area contributed by atoms with Crippen molar-refractivity contribution in [2.45, 2.75) is 53.6 Å². The fourth-order valence-electron chi connectivity index (χ4n) is 6.99. The number of carbonyl (C=O) groups is 4. The van der Waals surface area contributed by atoms with E-state index >= 15 is 0 Å². The maximum Gasteiger partial charge on any atom is 0.308 e. The van der Waals surface area contributed by atoms with E-state index in [4.69, 9.17) is 9.47 Å². The lowest BCUT2D eigenvalue weighted by molar-refractivity contribution is -0.187. The van der Waals surface area contributed by atoms with Gasteiger partial charge in [0.25, 0.3) is 0 Å². The molecule has 0 saturated heterocycles. The first-order chi connectivity index (χ1) is 25.0. The lowest BCUT2D eigenvalue weighted by Crippen LogP contribution is -2.64. The van der Waals surface area contributed by atoms with Gasteiger partial charge < -0.3 is 29.5 Å². The van der Waals surface area contributed by atoms with E-state index in [-0.39, 0.29) is 13.1 Å². The smallest absolute Gasteiger partial charge is 0.308 e. The molecule has 1 fully saturated rings. The number of rotatable bonds is 16. The number of carboxylic acids is 2. The third-order valence-electron chi connectivity index (χ3n) is 9.47. The third kappa shape index (κ3) is 8.62. The summed E-state index contributed by atoms with van der Waals surface area (Å²) in [5.41, 5.74) is 3.29. The number of ether oxygens (including phenoxy) is 2. The van der Waals surface area contributed by atoms with E-state index in [0.717, 1.165) is 22.3 Å². The van der Waals surface area contributed by atoms with E-state index in [2.05, 4.69) is 0 Å². The van der Waals surface area contributed by atoms with Crippen LogP contribution in [0.15, 0.2) is 97.1 Å². The van der Waals surface area contributed by atoms with Gasteiger partial charge in [0.1, 0.15) is 23.0 Å². The summed E-state index contributed by atoms with van der Waals surface area (Å²) in [4.78, 5) is 56.9. The van der Waals surface area contributed by atoms with Gasteiger partial charge in [0.2, 0.25) is 11.8 Å². The van der Waals surface area contributed by atoms with Crippen LogP contribution in [0.25, 0.3) is 0 Å². The van der Waals surface area contributed by atoms with Crippen molar-refractivity contribution in [1.29, 1.82) is 0 Å². The molecule has 1 aliphatic carbocycles. The van der Waals surface area contributed by atoms with Crippen LogP contribution in [-0.2, 0) is 32.3 Å². The van der Waals surface area contributed by atoms with E-state index in [1.807, 2.05) is 125 Å². The topological polar surface area (TPSA) is 134 Å². The highest BCUT2D eigenvalue weighted by molar-refractivity contribution is 5.99. The number of para-hydroxylation sites is 2. The molecule has 10 nitrogen and oxygen atoms in total. The van der Waals surface area contributed by atoms with Crippen molar-refractivity contribution >= 4 is 23.8 Å². The molecule has 0 bridgehead atoms. The van der Waals surface area contributed by atoms with Gasteiger partial charge in [-0.25, -0.2) is 0 Å². The molecule has 0 spiro atoms. The molecule has 0 unspecified atom stereocenters. The molecule has 0 aliphatic heterocycles. The number of carbonyl (C=O) groups excluding carboxylic acids is 2.